The number of ether oxygens (including phenoxy) is 1. The topological polar surface area (TPSA) is 131 Å². The number of rotatable bonds is 8. The molecule has 12 heteroatoms. The molecule has 0 heterocycles. The molecule has 0 aliphatic carbocycles. The van der Waals surface area contributed by atoms with Crippen molar-refractivity contribution in [1.82, 2.24) is 0 Å². The van der Waals surface area contributed by atoms with E-state index in [0.717, 1.165) is 18.2 Å². The molecule has 2 rings (SSSR count). The lowest BCUT2D eigenvalue weighted by molar-refractivity contribution is -0.384. The van der Waals surface area contributed by atoms with Crippen molar-refractivity contribution in [2.75, 3.05) is 30.4 Å². The number of non-ortho nitro benzene ring substituents is 1. The number of carbonyl (C=O) groups excluding carboxylic acids is 2. The summed E-state index contributed by atoms with van der Waals surface area (Å²) in [5.41, 5.74) is -1.24. The second kappa shape index (κ2) is 9.50. The van der Waals surface area contributed by atoms with Crippen LogP contribution < -0.4 is 10.6 Å². The van der Waals surface area contributed by atoms with Crippen molar-refractivity contribution in [3.05, 3.63) is 63.5 Å². The maximum atomic E-state index is 13.5. The van der Waals surface area contributed by atoms with Gasteiger partial charge in [0.05, 0.1) is 22.8 Å². The third-order valence-corrected chi connectivity index (χ3v) is 3.50. The molecule has 0 fully saturated rings. The predicted molar refractivity (Wildman–Crippen MR) is 93.9 cm³/mol. The van der Waals surface area contributed by atoms with Gasteiger partial charge >= 0.3 is 5.97 Å². The maximum absolute atomic E-state index is 13.5. The summed E-state index contributed by atoms with van der Waals surface area (Å²) in [5.74, 6) is -7.02. The van der Waals surface area contributed by atoms with Crippen molar-refractivity contribution in [2.24, 2.45) is 0 Å². The van der Waals surface area contributed by atoms with Crippen LogP contribution in [0.4, 0.5) is 30.2 Å². The molecule has 3 N–H and O–H groups in total. The standard InChI is InChI=1S/C17H14F3N3O6/c18-11-2-4-13(16(20)15(11)19)22-14(25)8-29-17(26)10-7-9(23(27)28)1-3-12(10)21-5-6-24/h1-4,7,21,24H,5-6,8H2,(H,22,25). The average molecular weight is 413 g/mol. The fourth-order valence-electron chi connectivity index (χ4n) is 2.18. The zero-order chi connectivity index (χ0) is 21.6. The minimum atomic E-state index is -1.78. The fraction of sp³-hybridized carbons (Fsp3) is 0.176. The van der Waals surface area contributed by atoms with Crippen molar-refractivity contribution in [1.29, 1.82) is 0 Å². The summed E-state index contributed by atoms with van der Waals surface area (Å²) >= 11 is 0. The molecule has 0 saturated carbocycles. The number of aliphatic hydroxyl groups is 1. The van der Waals surface area contributed by atoms with Crippen LogP contribution in [0.3, 0.4) is 0 Å². The Morgan fingerprint density at radius 3 is 2.45 bits per heavy atom. The number of nitrogens with zero attached hydrogens (tertiary/aromatic N) is 1. The van der Waals surface area contributed by atoms with Crippen LogP contribution in [0.15, 0.2) is 30.3 Å². The molecule has 0 aliphatic heterocycles. The first-order valence-corrected chi connectivity index (χ1v) is 7.98. The first-order valence-electron chi connectivity index (χ1n) is 7.98. The molecule has 0 unspecified atom stereocenters. The predicted octanol–water partition coefficient (Wildman–Crippen LogP) is 2.21. The number of hydrogen-bond donors (Lipinski definition) is 3. The quantitative estimate of drug-likeness (QED) is 0.262. The molecule has 0 aromatic heterocycles. The van der Waals surface area contributed by atoms with Crippen molar-refractivity contribution in [3.63, 3.8) is 0 Å². The van der Waals surface area contributed by atoms with Crippen LogP contribution in [-0.4, -0.2) is 41.7 Å². The molecule has 154 valence electrons. The number of carbonyl (C=O) groups is 2. The molecule has 9 nitrogen and oxygen atoms in total. The minimum absolute atomic E-state index is 0.0357. The van der Waals surface area contributed by atoms with Crippen LogP contribution in [-0.2, 0) is 9.53 Å². The van der Waals surface area contributed by atoms with Crippen LogP contribution in [0, 0.1) is 27.6 Å². The fourth-order valence-corrected chi connectivity index (χ4v) is 2.18. The number of halogens is 3. The van der Waals surface area contributed by atoms with Crippen molar-refractivity contribution >= 4 is 28.9 Å². The molecule has 2 aromatic rings. The van der Waals surface area contributed by atoms with E-state index in [0.29, 0.717) is 6.07 Å². The first kappa shape index (κ1) is 21.6. The summed E-state index contributed by atoms with van der Waals surface area (Å²) in [4.78, 5) is 34.2. The summed E-state index contributed by atoms with van der Waals surface area (Å²) in [6.07, 6.45) is 0. The summed E-state index contributed by atoms with van der Waals surface area (Å²) in [5, 5.41) is 24.3. The Kier molecular flexibility index (Phi) is 7.09. The number of nitro benzene ring substituents is 1. The molecular formula is C17H14F3N3O6. The molecule has 29 heavy (non-hydrogen) atoms. The van der Waals surface area contributed by atoms with Gasteiger partial charge in [0.2, 0.25) is 0 Å². The van der Waals surface area contributed by atoms with Gasteiger partial charge in [-0.1, -0.05) is 0 Å². The summed E-state index contributed by atoms with van der Waals surface area (Å²) in [6, 6.07) is 4.64. The van der Waals surface area contributed by atoms with Crippen LogP contribution in [0.2, 0.25) is 0 Å². The highest BCUT2D eigenvalue weighted by Gasteiger charge is 2.20. The number of anilines is 2. The molecule has 0 atom stereocenters. The second-order valence-electron chi connectivity index (χ2n) is 5.48. The molecule has 0 saturated heterocycles. The Balaban J connectivity index is 2.09. The van der Waals surface area contributed by atoms with Gasteiger partial charge in [-0.25, -0.2) is 18.0 Å². The highest BCUT2D eigenvalue weighted by Crippen LogP contribution is 2.23. The highest BCUT2D eigenvalue weighted by atomic mass is 19.2. The molecule has 0 radical (unpaired) electrons. The molecule has 0 spiro atoms. The monoisotopic (exact) mass is 413 g/mol. The zero-order valence-electron chi connectivity index (χ0n) is 14.6. The third-order valence-electron chi connectivity index (χ3n) is 3.50. The van der Waals surface area contributed by atoms with Gasteiger partial charge in [0, 0.05) is 24.4 Å². The number of nitro groups is 1. The number of nitrogens with one attached hydrogen (secondary N) is 2. The Hall–Kier alpha value is -3.67. The normalized spacial score (nSPS) is 10.3. The lowest BCUT2D eigenvalue weighted by atomic mass is 10.1. The lowest BCUT2D eigenvalue weighted by Crippen LogP contribution is -2.22. The van der Waals surface area contributed by atoms with Crippen molar-refractivity contribution in [3.8, 4) is 0 Å². The Morgan fingerprint density at radius 2 is 1.79 bits per heavy atom. The van der Waals surface area contributed by atoms with E-state index in [1.807, 2.05) is 5.32 Å². The van der Waals surface area contributed by atoms with Crippen molar-refractivity contribution < 1.29 is 37.5 Å². The Labute approximate surface area is 161 Å². The van der Waals surface area contributed by atoms with E-state index in [9.17, 15) is 32.9 Å². The van der Waals surface area contributed by atoms with E-state index in [1.165, 1.54) is 6.07 Å². The molecule has 0 bridgehead atoms. The highest BCUT2D eigenvalue weighted by molar-refractivity contribution is 5.99. The van der Waals surface area contributed by atoms with Crippen LogP contribution in [0.5, 0.6) is 0 Å². The van der Waals surface area contributed by atoms with Crippen LogP contribution in [0.1, 0.15) is 10.4 Å². The number of esters is 1. The van der Waals surface area contributed by atoms with Crippen LogP contribution in [0.25, 0.3) is 0 Å². The van der Waals surface area contributed by atoms with E-state index >= 15 is 0 Å². The summed E-state index contributed by atoms with van der Waals surface area (Å²) in [7, 11) is 0. The number of amides is 1. The van der Waals surface area contributed by atoms with Gasteiger partial charge in [-0.2, -0.15) is 0 Å². The van der Waals surface area contributed by atoms with Gasteiger partial charge in [0.25, 0.3) is 11.6 Å². The van der Waals surface area contributed by atoms with E-state index < -0.39 is 52.2 Å². The van der Waals surface area contributed by atoms with Crippen LogP contribution >= 0.6 is 0 Å². The summed E-state index contributed by atoms with van der Waals surface area (Å²) in [6.45, 7) is -1.18. The maximum Gasteiger partial charge on any atom is 0.341 e. The average Bonchev–Trinajstić information content (AvgIpc) is 2.70. The molecule has 2 aromatic carbocycles. The first-order chi connectivity index (χ1) is 13.7. The lowest BCUT2D eigenvalue weighted by Gasteiger charge is -2.11. The minimum Gasteiger partial charge on any atom is -0.452 e. The van der Waals surface area contributed by atoms with E-state index in [4.69, 9.17) is 9.84 Å². The number of benzene rings is 2. The van der Waals surface area contributed by atoms with Gasteiger partial charge in [0.1, 0.15) is 0 Å². The Morgan fingerprint density at radius 1 is 1.10 bits per heavy atom. The second-order valence-corrected chi connectivity index (χ2v) is 5.48. The van der Waals surface area contributed by atoms with Gasteiger partial charge in [-0.3, -0.25) is 14.9 Å². The van der Waals surface area contributed by atoms with Gasteiger partial charge < -0.3 is 20.5 Å². The van der Waals surface area contributed by atoms with Gasteiger partial charge in [-0.05, 0) is 18.2 Å². The third kappa shape index (κ3) is 5.42. The van der Waals surface area contributed by atoms with E-state index in [-0.39, 0.29) is 24.4 Å². The van der Waals surface area contributed by atoms with Gasteiger partial charge in [-0.15, -0.1) is 0 Å². The number of aliphatic hydroxyl groups excluding tert-OH is 1. The number of hydrogen-bond acceptors (Lipinski definition) is 7. The van der Waals surface area contributed by atoms with Crippen molar-refractivity contribution in [2.45, 2.75) is 0 Å². The van der Waals surface area contributed by atoms with E-state index in [2.05, 4.69) is 5.32 Å². The smallest absolute Gasteiger partial charge is 0.341 e. The zero-order valence-corrected chi connectivity index (χ0v) is 14.6. The molecular weight excluding hydrogens is 399 g/mol. The van der Waals surface area contributed by atoms with E-state index in [1.54, 1.807) is 0 Å². The Bertz CT molecular complexity index is 954. The SMILES string of the molecule is O=C(COC(=O)c1cc([N+](=O)[O-])ccc1NCCO)Nc1ccc(F)c(F)c1F. The summed E-state index contributed by atoms with van der Waals surface area (Å²) < 4.78 is 44.3. The van der Waals surface area contributed by atoms with Gasteiger partial charge in [0.15, 0.2) is 24.1 Å². The largest absolute Gasteiger partial charge is 0.452 e. The molecule has 0 aliphatic rings. The molecule has 1 amide bonds.